The van der Waals surface area contributed by atoms with E-state index in [1.54, 1.807) is 0 Å². The second kappa shape index (κ2) is 87.5. The fourth-order valence-electron chi connectivity index (χ4n) is 17.2. The number of ether oxygens (including phenoxy) is 2. The van der Waals surface area contributed by atoms with Crippen molar-refractivity contribution in [1.82, 2.24) is 58.5 Å². The van der Waals surface area contributed by atoms with Crippen molar-refractivity contribution in [2.24, 2.45) is 17.2 Å². The van der Waals surface area contributed by atoms with Crippen LogP contribution in [-0.2, 0) is 67.0 Å². The van der Waals surface area contributed by atoms with Gasteiger partial charge in [0, 0.05) is 80.7 Å². The zero-order valence-corrected chi connectivity index (χ0v) is 86.4. The highest BCUT2D eigenvalue weighted by molar-refractivity contribution is 8.00. The van der Waals surface area contributed by atoms with Crippen molar-refractivity contribution in [1.29, 1.82) is 0 Å². The number of aliphatic hydroxyl groups is 1. The number of esters is 2. The Labute approximate surface area is 827 Å². The van der Waals surface area contributed by atoms with Gasteiger partial charge in [-0.3, -0.25) is 52.7 Å². The lowest BCUT2D eigenvalue weighted by Gasteiger charge is -2.27. The third-order valence-corrected chi connectivity index (χ3v) is 28.4. The third kappa shape index (κ3) is 68.5. The lowest BCUT2D eigenvalue weighted by Crippen LogP contribution is -2.60. The first kappa shape index (κ1) is 126. The molecular weight excluding hydrogens is 1770 g/mol. The molecule has 2 aliphatic rings. The molecule has 19 N–H and O–H groups in total. The normalized spacial score (nSPS) is 15.4. The summed E-state index contributed by atoms with van der Waals surface area (Å²) in [5.74, 6) is -5.94. The van der Waals surface area contributed by atoms with E-state index in [4.69, 9.17) is 26.7 Å². The first-order chi connectivity index (χ1) is 66.1. The van der Waals surface area contributed by atoms with Gasteiger partial charge in [0.1, 0.15) is 49.0 Å². The molecule has 2 aliphatic heterocycles. The number of aliphatic carboxylic acids is 1. The van der Waals surface area contributed by atoms with Crippen molar-refractivity contribution in [3.63, 3.8) is 0 Å². The van der Waals surface area contributed by atoms with Gasteiger partial charge in [-0.25, -0.2) is 9.59 Å². The molecule has 0 aromatic heterocycles. The number of aliphatic hydroxyl groups excluding tert-OH is 1. The summed E-state index contributed by atoms with van der Waals surface area (Å²) in [5.41, 5.74) is 17.7. The van der Waals surface area contributed by atoms with Crippen LogP contribution in [0, 0.1) is 0 Å². The average Bonchev–Trinajstić information content (AvgIpc) is 1.66. The number of hydrogen-bond donors (Lipinski definition) is 16. The van der Waals surface area contributed by atoms with Crippen molar-refractivity contribution < 1.29 is 82.0 Å². The van der Waals surface area contributed by atoms with Gasteiger partial charge in [0.15, 0.2) is 0 Å². The Morgan fingerprint density at radius 3 is 1.07 bits per heavy atom. The lowest BCUT2D eigenvalue weighted by molar-refractivity contribution is -0.157. The van der Waals surface area contributed by atoms with Crippen molar-refractivity contribution in [2.45, 2.75) is 504 Å². The van der Waals surface area contributed by atoms with E-state index in [0.717, 1.165) is 115 Å². The van der Waals surface area contributed by atoms with Gasteiger partial charge in [0.25, 0.3) is 0 Å². The molecular formula is C103H192N14O17S2. The maximum atomic E-state index is 14.7. The van der Waals surface area contributed by atoms with Gasteiger partial charge in [0.2, 0.25) is 53.2 Å². The second-order valence-electron chi connectivity index (χ2n) is 38.1. The molecule has 2 saturated heterocycles. The van der Waals surface area contributed by atoms with Crippen LogP contribution in [0.3, 0.4) is 0 Å². The molecule has 2 rings (SSSR count). The predicted molar refractivity (Wildman–Crippen MR) is 548 cm³/mol. The molecule has 10 atom stereocenters. The number of nitrogens with two attached hydrogens (primary N) is 3. The summed E-state index contributed by atoms with van der Waals surface area (Å²) in [4.78, 5) is 175. The molecule has 10 unspecified atom stereocenters. The predicted octanol–water partition coefficient (Wildman–Crippen LogP) is 15.4. The molecule has 11 amide bonds. The van der Waals surface area contributed by atoms with E-state index >= 15 is 0 Å². The van der Waals surface area contributed by atoms with Crippen molar-refractivity contribution in [3.05, 3.63) is 0 Å². The largest absolute Gasteiger partial charge is 0.480 e. The summed E-state index contributed by atoms with van der Waals surface area (Å²) in [6, 6.07) is -7.97. The number of carbonyl (C=O) groups is 13. The van der Waals surface area contributed by atoms with Crippen molar-refractivity contribution in [3.8, 4) is 0 Å². The van der Waals surface area contributed by atoms with E-state index in [1.807, 2.05) is 11.8 Å². The zero-order chi connectivity index (χ0) is 99.3. The number of carboxylic acids is 1. The summed E-state index contributed by atoms with van der Waals surface area (Å²) in [6.45, 7) is 7.62. The highest BCUT2D eigenvalue weighted by Crippen LogP contribution is 2.33. The van der Waals surface area contributed by atoms with Crippen LogP contribution in [0.1, 0.15) is 445 Å². The van der Waals surface area contributed by atoms with Crippen molar-refractivity contribution >= 4 is 101 Å². The fraction of sp³-hybridized carbons (Fsp3) is 0.874. The topological polar surface area (TPSA) is 491 Å². The van der Waals surface area contributed by atoms with Gasteiger partial charge >= 0.3 is 23.9 Å². The summed E-state index contributed by atoms with van der Waals surface area (Å²) < 4.78 is 11.8. The van der Waals surface area contributed by atoms with E-state index in [-0.39, 0.29) is 131 Å². The second-order valence-corrected chi connectivity index (χ2v) is 40.5. The number of nitrogens with one attached hydrogen (secondary N) is 11. The Balaban J connectivity index is 2.14. The van der Waals surface area contributed by atoms with E-state index in [0.29, 0.717) is 121 Å². The monoisotopic (exact) mass is 1960 g/mol. The van der Waals surface area contributed by atoms with Gasteiger partial charge in [-0.15, -0.1) is 0 Å². The SMILES string of the molecule is CCCCCCCCCCCCCCCC(=O)NC(CSCC(COC(=O)CCCCCCCCCCCCCCC)OC(=O)CCCCCCCCCCCCCCC)C(=O)NC(CO)C(=O)NC(CCCCN)C(=O)NC(CCCCN)C(=O)NC(CCCCN)C(=O)NC(CCCCNC(=O)CCCCCNC(=O)CCCCCNC(=O)CCCCC1SCC2NC(=O)NC21)C(=O)O. The molecule has 0 bridgehead atoms. The van der Waals surface area contributed by atoms with Crippen molar-refractivity contribution in [2.75, 3.05) is 69.7 Å². The summed E-state index contributed by atoms with van der Waals surface area (Å²) >= 11 is 3.06. The highest BCUT2D eigenvalue weighted by atomic mass is 32.2. The van der Waals surface area contributed by atoms with Gasteiger partial charge < -0.3 is 95.4 Å². The lowest BCUT2D eigenvalue weighted by atomic mass is 10.0. The summed E-state index contributed by atoms with van der Waals surface area (Å²) in [6.07, 6.45) is 55.5. The molecule has 0 saturated carbocycles. The first-order valence-electron chi connectivity index (χ1n) is 54.3. The van der Waals surface area contributed by atoms with Crippen LogP contribution in [0.2, 0.25) is 0 Å². The Morgan fingerprint density at radius 1 is 0.360 bits per heavy atom. The number of amides is 11. The molecule has 0 aliphatic carbocycles. The van der Waals surface area contributed by atoms with Crippen LogP contribution in [-0.4, -0.2) is 217 Å². The summed E-state index contributed by atoms with van der Waals surface area (Å²) in [7, 11) is 0. The number of carbonyl (C=O) groups excluding carboxylic acids is 12. The van der Waals surface area contributed by atoms with Gasteiger partial charge in [0.05, 0.1) is 18.7 Å². The molecule has 136 heavy (non-hydrogen) atoms. The number of fused-ring (bicyclic) bond motifs is 1. The van der Waals surface area contributed by atoms with Crippen LogP contribution in [0.15, 0.2) is 0 Å². The number of carboxylic acid groups (broad SMARTS) is 1. The van der Waals surface area contributed by atoms with Crippen LogP contribution in [0.5, 0.6) is 0 Å². The standard InChI is InChI=1S/C103H192N14O17S2/c1-4-7-10-13-16-19-22-25-28-31-34-37-42-67-93(122)110-88(79-135-78-81(134-95(124)69-46-39-36-33-30-27-24-21-18-15-12-9-6-3)77-133-94(123)68-45-38-35-32-29-26-23-20-17-14-11-8-5-2)101(129)115-86(76-118)100(128)113-83(60-50-54-71-105)98(126)111-82(59-49-53-70-104)97(125)112-84(61-51-55-72-106)99(127)114-85(102(130)131)62-52-58-75-109-91(120)65-44-41-56-73-107-90(119)64-43-40-57-74-108-92(121)66-48-47-63-89-96-87(80-136-89)116-103(132)117-96/h81-89,96,118H,4-80,104-106H2,1-3H3,(H,107,119)(H,108,121)(H,109,120)(H,110,122)(H,111,126)(H,112,125)(H,113,128)(H,114,127)(H,115,129)(H,130,131)(H2,116,117,132). The van der Waals surface area contributed by atoms with Crippen LogP contribution in [0.25, 0.3) is 0 Å². The maximum Gasteiger partial charge on any atom is 0.326 e. The number of hydrogen-bond acceptors (Lipinski definition) is 21. The van der Waals surface area contributed by atoms with Gasteiger partial charge in [-0.05, 0) is 154 Å². The molecule has 31 nitrogen and oxygen atoms in total. The van der Waals surface area contributed by atoms with E-state index in [2.05, 4.69) is 79.3 Å². The molecule has 0 aromatic carbocycles. The Bertz CT molecular complexity index is 3160. The Hall–Kier alpha value is -6.55. The minimum absolute atomic E-state index is 0.00136. The molecule has 2 fully saturated rings. The molecule has 0 radical (unpaired) electrons. The molecule has 33 heteroatoms. The van der Waals surface area contributed by atoms with E-state index < -0.39 is 102 Å². The van der Waals surface area contributed by atoms with Crippen LogP contribution >= 0.6 is 23.5 Å². The Morgan fingerprint density at radius 2 is 0.676 bits per heavy atom. The first-order valence-corrected chi connectivity index (χ1v) is 56.5. The number of unbranched alkanes of at least 4 members (excludes halogenated alkanes) is 45. The van der Waals surface area contributed by atoms with Gasteiger partial charge in [-0.2, -0.15) is 23.5 Å². The minimum atomic E-state index is -1.66. The van der Waals surface area contributed by atoms with E-state index in [1.165, 1.54) is 172 Å². The smallest absolute Gasteiger partial charge is 0.326 e. The Kier molecular flexibility index (Phi) is 80.7. The molecule has 2 heterocycles. The van der Waals surface area contributed by atoms with Crippen LogP contribution < -0.4 is 75.7 Å². The number of thioether (sulfide) groups is 2. The zero-order valence-electron chi connectivity index (χ0n) is 84.8. The number of rotatable bonds is 96. The average molecular weight is 1960 g/mol. The third-order valence-electron chi connectivity index (χ3n) is 25.7. The van der Waals surface area contributed by atoms with Crippen LogP contribution in [0.4, 0.5) is 4.79 Å². The fourth-order valence-corrected chi connectivity index (χ4v) is 19.8. The quantitative estimate of drug-likeness (QED) is 0.0153. The summed E-state index contributed by atoms with van der Waals surface area (Å²) in [5, 5.41) is 52.6. The minimum Gasteiger partial charge on any atom is -0.480 e. The maximum absolute atomic E-state index is 14.7. The van der Waals surface area contributed by atoms with E-state index in [9.17, 15) is 72.5 Å². The molecule has 0 spiro atoms. The van der Waals surface area contributed by atoms with Gasteiger partial charge in [-0.1, -0.05) is 271 Å². The molecule has 788 valence electrons. The highest BCUT2D eigenvalue weighted by Gasteiger charge is 2.43. The number of urea groups is 1. The molecule has 0 aromatic rings.